The van der Waals surface area contributed by atoms with E-state index in [1.807, 2.05) is 36.4 Å². The SMILES string of the molecule is c1cc(-c2nc3ccccc3nc2-c2cccc3c2oc2ccccc23)cc(N2c3c(ccc4ccccc34)-c3cccc4cccc2c34)c1. The van der Waals surface area contributed by atoms with E-state index in [2.05, 4.69) is 132 Å². The van der Waals surface area contributed by atoms with E-state index >= 15 is 0 Å². The van der Waals surface area contributed by atoms with Crippen molar-refractivity contribution in [3.63, 3.8) is 0 Å². The average molecular weight is 638 g/mol. The molecule has 0 bridgehead atoms. The number of hydrogen-bond donors (Lipinski definition) is 0. The number of para-hydroxylation sites is 4. The molecule has 0 radical (unpaired) electrons. The summed E-state index contributed by atoms with van der Waals surface area (Å²) in [5.41, 5.74) is 12.8. The summed E-state index contributed by atoms with van der Waals surface area (Å²) in [6.45, 7) is 0. The molecule has 11 rings (SSSR count). The number of furan rings is 1. The van der Waals surface area contributed by atoms with Gasteiger partial charge in [-0.2, -0.15) is 0 Å². The van der Waals surface area contributed by atoms with E-state index in [0.29, 0.717) is 0 Å². The molecule has 1 aliphatic rings. The van der Waals surface area contributed by atoms with Crippen LogP contribution in [0.15, 0.2) is 168 Å². The molecule has 0 fully saturated rings. The van der Waals surface area contributed by atoms with Gasteiger partial charge >= 0.3 is 0 Å². The van der Waals surface area contributed by atoms with E-state index in [4.69, 9.17) is 14.4 Å². The summed E-state index contributed by atoms with van der Waals surface area (Å²) in [6, 6.07) is 57.8. The van der Waals surface area contributed by atoms with Crippen LogP contribution < -0.4 is 4.90 Å². The smallest absolute Gasteiger partial charge is 0.144 e. The standard InChI is InChI=1S/C46H27N3O/c1-2-16-32-28(11-1)25-26-35-34-18-8-12-29-13-9-23-40(42(29)34)49(45(32)35)31-15-7-14-30(27-31)43-44(48-39-22-5-4-21-38(39)47-43)37-20-10-19-36-33-17-3-6-24-41(33)50-46(36)37/h1-27H. The highest BCUT2D eigenvalue weighted by Gasteiger charge is 2.28. The van der Waals surface area contributed by atoms with Gasteiger partial charge in [-0.05, 0) is 58.8 Å². The summed E-state index contributed by atoms with van der Waals surface area (Å²) >= 11 is 0. The van der Waals surface area contributed by atoms with Crippen molar-refractivity contribution in [3.05, 3.63) is 164 Å². The Morgan fingerprint density at radius 1 is 0.460 bits per heavy atom. The fraction of sp³-hybridized carbons (Fsp3) is 0. The maximum absolute atomic E-state index is 6.53. The first-order chi connectivity index (χ1) is 24.8. The van der Waals surface area contributed by atoms with Crippen LogP contribution in [-0.4, -0.2) is 9.97 Å². The van der Waals surface area contributed by atoms with Gasteiger partial charge in [-0.15, -0.1) is 0 Å². The molecule has 0 amide bonds. The van der Waals surface area contributed by atoms with E-state index in [1.165, 1.54) is 38.4 Å². The lowest BCUT2D eigenvalue weighted by Crippen LogP contribution is -2.15. The second-order valence-electron chi connectivity index (χ2n) is 12.9. The van der Waals surface area contributed by atoms with Crippen molar-refractivity contribution in [1.29, 1.82) is 0 Å². The number of aromatic nitrogens is 2. The van der Waals surface area contributed by atoms with E-state index in [-0.39, 0.29) is 0 Å². The molecule has 1 aliphatic heterocycles. The van der Waals surface area contributed by atoms with Crippen LogP contribution in [0.1, 0.15) is 0 Å². The van der Waals surface area contributed by atoms with Crippen LogP contribution in [0.4, 0.5) is 17.1 Å². The predicted molar refractivity (Wildman–Crippen MR) is 206 cm³/mol. The Bertz CT molecular complexity index is 3010. The van der Waals surface area contributed by atoms with Gasteiger partial charge in [0.1, 0.15) is 16.9 Å². The van der Waals surface area contributed by atoms with Crippen LogP contribution in [0.25, 0.3) is 88.2 Å². The third kappa shape index (κ3) is 3.87. The second-order valence-corrected chi connectivity index (χ2v) is 12.9. The first-order valence-corrected chi connectivity index (χ1v) is 16.9. The minimum Gasteiger partial charge on any atom is -0.455 e. The number of nitrogens with zero attached hydrogens (tertiary/aromatic N) is 3. The van der Waals surface area contributed by atoms with Gasteiger partial charge in [0.15, 0.2) is 0 Å². The van der Waals surface area contributed by atoms with Gasteiger partial charge in [0, 0.05) is 43.9 Å². The fourth-order valence-corrected chi connectivity index (χ4v) is 7.95. The van der Waals surface area contributed by atoms with Crippen LogP contribution in [0, 0.1) is 0 Å². The van der Waals surface area contributed by atoms with Gasteiger partial charge in [-0.1, -0.05) is 121 Å². The molecule has 0 saturated heterocycles. The van der Waals surface area contributed by atoms with Crippen LogP contribution in [0.2, 0.25) is 0 Å². The number of anilines is 3. The lowest BCUT2D eigenvalue weighted by atomic mass is 9.88. The molecule has 4 nitrogen and oxygen atoms in total. The fourth-order valence-electron chi connectivity index (χ4n) is 7.95. The number of benzene rings is 8. The van der Waals surface area contributed by atoms with Gasteiger partial charge < -0.3 is 9.32 Å². The van der Waals surface area contributed by atoms with Gasteiger partial charge in [-0.25, -0.2) is 9.97 Å². The Balaban J connectivity index is 1.19. The molecule has 0 saturated carbocycles. The highest BCUT2D eigenvalue weighted by Crippen LogP contribution is 2.53. The maximum atomic E-state index is 6.53. The summed E-state index contributed by atoms with van der Waals surface area (Å²) in [7, 11) is 0. The van der Waals surface area contributed by atoms with Crippen molar-refractivity contribution in [3.8, 4) is 33.6 Å². The quantitative estimate of drug-likeness (QED) is 0.193. The molecule has 0 aliphatic carbocycles. The van der Waals surface area contributed by atoms with E-state index in [0.717, 1.165) is 66.9 Å². The molecule has 0 unspecified atom stereocenters. The number of hydrogen-bond acceptors (Lipinski definition) is 4. The molecule has 8 aromatic carbocycles. The van der Waals surface area contributed by atoms with Crippen molar-refractivity contribution < 1.29 is 4.42 Å². The van der Waals surface area contributed by atoms with Crippen molar-refractivity contribution in [2.24, 2.45) is 0 Å². The molecule has 0 spiro atoms. The molecule has 2 aromatic heterocycles. The molecular weight excluding hydrogens is 611 g/mol. The van der Waals surface area contributed by atoms with Gasteiger partial charge in [0.2, 0.25) is 0 Å². The Hall–Kier alpha value is -6.78. The van der Waals surface area contributed by atoms with Gasteiger partial charge in [0.05, 0.1) is 28.1 Å². The average Bonchev–Trinajstić information content (AvgIpc) is 3.57. The third-order valence-electron chi connectivity index (χ3n) is 10.1. The van der Waals surface area contributed by atoms with Crippen molar-refractivity contribution in [2.75, 3.05) is 4.90 Å². The number of fused-ring (bicyclic) bond motifs is 8. The van der Waals surface area contributed by atoms with Crippen LogP contribution in [0.3, 0.4) is 0 Å². The zero-order valence-corrected chi connectivity index (χ0v) is 26.8. The van der Waals surface area contributed by atoms with Crippen molar-refractivity contribution in [1.82, 2.24) is 9.97 Å². The first-order valence-electron chi connectivity index (χ1n) is 16.9. The molecule has 0 N–H and O–H groups in total. The molecule has 232 valence electrons. The molecule has 10 aromatic rings. The molecule has 50 heavy (non-hydrogen) atoms. The zero-order valence-electron chi connectivity index (χ0n) is 26.8. The maximum Gasteiger partial charge on any atom is 0.144 e. The zero-order chi connectivity index (χ0) is 32.8. The minimum absolute atomic E-state index is 0.794. The highest BCUT2D eigenvalue weighted by molar-refractivity contribution is 6.19. The van der Waals surface area contributed by atoms with E-state index in [9.17, 15) is 0 Å². The first kappa shape index (κ1) is 27.2. The topological polar surface area (TPSA) is 42.2 Å². The van der Waals surface area contributed by atoms with E-state index in [1.54, 1.807) is 0 Å². The minimum atomic E-state index is 0.794. The highest BCUT2D eigenvalue weighted by atomic mass is 16.3. The summed E-state index contributed by atoms with van der Waals surface area (Å²) in [6.07, 6.45) is 0. The van der Waals surface area contributed by atoms with Gasteiger partial charge in [0.25, 0.3) is 0 Å². The van der Waals surface area contributed by atoms with Crippen molar-refractivity contribution in [2.45, 2.75) is 0 Å². The molecule has 3 heterocycles. The molecule has 0 atom stereocenters. The second kappa shape index (κ2) is 10.4. The van der Waals surface area contributed by atoms with Crippen LogP contribution in [0.5, 0.6) is 0 Å². The largest absolute Gasteiger partial charge is 0.455 e. The normalized spacial score (nSPS) is 12.4. The Kier molecular flexibility index (Phi) is 5.63. The number of rotatable bonds is 3. The third-order valence-corrected chi connectivity index (χ3v) is 10.1. The monoisotopic (exact) mass is 637 g/mol. The summed E-state index contributed by atoms with van der Waals surface area (Å²) in [4.78, 5) is 13.0. The Morgan fingerprint density at radius 3 is 2.04 bits per heavy atom. The Morgan fingerprint density at radius 2 is 1.14 bits per heavy atom. The Labute approximate surface area is 287 Å². The molecule has 4 heteroatoms. The van der Waals surface area contributed by atoms with Crippen LogP contribution >= 0.6 is 0 Å². The van der Waals surface area contributed by atoms with Crippen LogP contribution in [-0.2, 0) is 0 Å². The summed E-state index contributed by atoms with van der Waals surface area (Å²) < 4.78 is 6.53. The summed E-state index contributed by atoms with van der Waals surface area (Å²) in [5, 5.41) is 7.06. The lowest BCUT2D eigenvalue weighted by Gasteiger charge is -2.34. The van der Waals surface area contributed by atoms with Gasteiger partial charge in [-0.3, -0.25) is 0 Å². The summed E-state index contributed by atoms with van der Waals surface area (Å²) in [5.74, 6) is 0. The van der Waals surface area contributed by atoms with E-state index < -0.39 is 0 Å². The lowest BCUT2D eigenvalue weighted by molar-refractivity contribution is 0.670. The predicted octanol–water partition coefficient (Wildman–Crippen LogP) is 12.6. The van der Waals surface area contributed by atoms with Crippen molar-refractivity contribution >= 4 is 71.6 Å². The molecular formula is C46H27N3O.